The van der Waals surface area contributed by atoms with Crippen molar-refractivity contribution in [1.29, 1.82) is 0 Å². The highest BCUT2D eigenvalue weighted by Crippen LogP contribution is 2.35. The van der Waals surface area contributed by atoms with Gasteiger partial charge in [0.2, 0.25) is 0 Å². The number of nitrogens with zero attached hydrogens (tertiary/aromatic N) is 2. The van der Waals surface area contributed by atoms with E-state index < -0.39 is 5.82 Å². The second kappa shape index (κ2) is 5.64. The summed E-state index contributed by atoms with van der Waals surface area (Å²) in [5.74, 6) is 0.245. The Bertz CT molecular complexity index is 622. The quantitative estimate of drug-likeness (QED) is 0.783. The van der Waals surface area contributed by atoms with Crippen molar-refractivity contribution in [2.45, 2.75) is 12.3 Å². The molecule has 1 unspecified atom stereocenters. The molecule has 3 nitrogen and oxygen atoms in total. The maximum atomic E-state index is 13.8. The SMILES string of the molecule is Fc1ccccc1-c1c(Cl)nc(C2CCOC2)nc1Cl. The van der Waals surface area contributed by atoms with E-state index in [1.165, 1.54) is 6.07 Å². The molecule has 1 fully saturated rings. The lowest BCUT2D eigenvalue weighted by molar-refractivity contribution is 0.193. The van der Waals surface area contributed by atoms with Crippen LogP contribution in [0.4, 0.5) is 4.39 Å². The van der Waals surface area contributed by atoms with E-state index in [1.807, 2.05) is 0 Å². The molecular formula is C14H11Cl2FN2O. The predicted molar refractivity (Wildman–Crippen MR) is 75.6 cm³/mol. The largest absolute Gasteiger partial charge is 0.381 e. The lowest BCUT2D eigenvalue weighted by Gasteiger charge is -2.11. The normalized spacial score (nSPS) is 18.4. The van der Waals surface area contributed by atoms with Crippen LogP contribution in [-0.4, -0.2) is 23.2 Å². The third-order valence-corrected chi connectivity index (χ3v) is 3.82. The van der Waals surface area contributed by atoms with E-state index in [9.17, 15) is 4.39 Å². The molecule has 0 spiro atoms. The van der Waals surface area contributed by atoms with Gasteiger partial charge in [0.1, 0.15) is 21.9 Å². The Morgan fingerprint density at radius 3 is 2.45 bits per heavy atom. The van der Waals surface area contributed by atoms with E-state index in [1.54, 1.807) is 18.2 Å². The number of aromatic nitrogens is 2. The minimum atomic E-state index is -0.406. The molecule has 1 aromatic heterocycles. The highest BCUT2D eigenvalue weighted by atomic mass is 35.5. The fourth-order valence-electron chi connectivity index (χ4n) is 2.23. The molecule has 0 bridgehead atoms. The van der Waals surface area contributed by atoms with E-state index in [0.29, 0.717) is 30.2 Å². The molecule has 1 aliphatic heterocycles. The van der Waals surface area contributed by atoms with Gasteiger partial charge in [-0.2, -0.15) is 0 Å². The second-order valence-electron chi connectivity index (χ2n) is 4.58. The summed E-state index contributed by atoms with van der Waals surface area (Å²) in [5.41, 5.74) is 0.630. The lowest BCUT2D eigenvalue weighted by Crippen LogP contribution is -2.06. The lowest BCUT2D eigenvalue weighted by atomic mass is 10.1. The Kier molecular flexibility index (Phi) is 3.87. The van der Waals surface area contributed by atoms with Crippen molar-refractivity contribution >= 4 is 23.2 Å². The zero-order valence-corrected chi connectivity index (χ0v) is 12.0. The van der Waals surface area contributed by atoms with Crippen molar-refractivity contribution < 1.29 is 9.13 Å². The van der Waals surface area contributed by atoms with Gasteiger partial charge in [-0.1, -0.05) is 41.4 Å². The van der Waals surface area contributed by atoms with Crippen molar-refractivity contribution in [3.63, 3.8) is 0 Å². The van der Waals surface area contributed by atoms with Gasteiger partial charge in [-0.15, -0.1) is 0 Å². The van der Waals surface area contributed by atoms with Crippen LogP contribution in [0.5, 0.6) is 0 Å². The Morgan fingerprint density at radius 1 is 1.15 bits per heavy atom. The maximum absolute atomic E-state index is 13.8. The molecule has 1 saturated heterocycles. The van der Waals surface area contributed by atoms with E-state index in [2.05, 4.69) is 9.97 Å². The van der Waals surface area contributed by atoms with E-state index in [0.717, 1.165) is 6.42 Å². The summed E-state index contributed by atoms with van der Waals surface area (Å²) in [7, 11) is 0. The Labute approximate surface area is 125 Å². The van der Waals surface area contributed by atoms with Gasteiger partial charge in [0, 0.05) is 18.1 Å². The van der Waals surface area contributed by atoms with Crippen LogP contribution < -0.4 is 0 Å². The van der Waals surface area contributed by atoms with Gasteiger partial charge in [-0.05, 0) is 12.5 Å². The van der Waals surface area contributed by atoms with E-state index in [-0.39, 0.29) is 16.2 Å². The van der Waals surface area contributed by atoms with Crippen molar-refractivity contribution in [2.24, 2.45) is 0 Å². The standard InChI is InChI=1S/C14H11Cl2FN2O/c15-12-11(9-3-1-2-4-10(9)17)13(16)19-14(18-12)8-5-6-20-7-8/h1-4,8H,5-7H2. The Balaban J connectivity index is 2.07. The minimum Gasteiger partial charge on any atom is -0.381 e. The van der Waals surface area contributed by atoms with Crippen LogP contribution in [-0.2, 0) is 4.74 Å². The minimum absolute atomic E-state index is 0.0969. The number of ether oxygens (including phenoxy) is 1. The van der Waals surface area contributed by atoms with Crippen molar-refractivity contribution in [3.05, 3.63) is 46.2 Å². The summed E-state index contributed by atoms with van der Waals surface area (Å²) in [4.78, 5) is 8.51. The maximum Gasteiger partial charge on any atom is 0.142 e. The Hall–Kier alpha value is -1.23. The summed E-state index contributed by atoms with van der Waals surface area (Å²) >= 11 is 12.4. The number of hydrogen-bond donors (Lipinski definition) is 0. The molecule has 1 aliphatic rings. The predicted octanol–water partition coefficient (Wildman–Crippen LogP) is 4.09. The van der Waals surface area contributed by atoms with Crippen LogP contribution in [0, 0.1) is 5.82 Å². The molecule has 0 saturated carbocycles. The van der Waals surface area contributed by atoms with E-state index >= 15 is 0 Å². The first-order chi connectivity index (χ1) is 9.66. The molecule has 6 heteroatoms. The molecule has 0 aliphatic carbocycles. The molecular weight excluding hydrogens is 302 g/mol. The van der Waals surface area contributed by atoms with Gasteiger partial charge in [0.15, 0.2) is 0 Å². The third kappa shape index (κ3) is 2.51. The third-order valence-electron chi connectivity index (χ3n) is 3.28. The molecule has 0 amide bonds. The average molecular weight is 313 g/mol. The van der Waals surface area contributed by atoms with Crippen LogP contribution in [0.3, 0.4) is 0 Å². The summed E-state index contributed by atoms with van der Waals surface area (Å²) in [6.45, 7) is 1.24. The monoisotopic (exact) mass is 312 g/mol. The molecule has 3 rings (SSSR count). The van der Waals surface area contributed by atoms with Crippen LogP contribution in [0.25, 0.3) is 11.1 Å². The molecule has 2 heterocycles. The summed E-state index contributed by atoms with van der Waals surface area (Å²) < 4.78 is 19.1. The van der Waals surface area contributed by atoms with Gasteiger partial charge >= 0.3 is 0 Å². The molecule has 1 atom stereocenters. The van der Waals surface area contributed by atoms with Crippen molar-refractivity contribution in [2.75, 3.05) is 13.2 Å². The average Bonchev–Trinajstić information content (AvgIpc) is 2.94. The molecule has 104 valence electrons. The second-order valence-corrected chi connectivity index (χ2v) is 5.29. The zero-order chi connectivity index (χ0) is 14.1. The zero-order valence-electron chi connectivity index (χ0n) is 10.4. The van der Waals surface area contributed by atoms with Gasteiger partial charge < -0.3 is 4.74 Å². The first kappa shape index (κ1) is 13.7. The topological polar surface area (TPSA) is 35.0 Å². The van der Waals surface area contributed by atoms with Gasteiger partial charge in [0.25, 0.3) is 0 Å². The van der Waals surface area contributed by atoms with Crippen LogP contribution in [0.1, 0.15) is 18.2 Å². The van der Waals surface area contributed by atoms with Crippen LogP contribution >= 0.6 is 23.2 Å². The number of halogens is 3. The van der Waals surface area contributed by atoms with Crippen molar-refractivity contribution in [3.8, 4) is 11.1 Å². The fraction of sp³-hybridized carbons (Fsp3) is 0.286. The molecule has 2 aromatic rings. The first-order valence-electron chi connectivity index (χ1n) is 6.22. The molecule has 1 aromatic carbocycles. The smallest absolute Gasteiger partial charge is 0.142 e. The highest BCUT2D eigenvalue weighted by Gasteiger charge is 2.24. The number of benzene rings is 1. The number of hydrogen-bond acceptors (Lipinski definition) is 3. The first-order valence-corrected chi connectivity index (χ1v) is 6.98. The fourth-order valence-corrected chi connectivity index (χ4v) is 2.83. The van der Waals surface area contributed by atoms with Gasteiger partial charge in [0.05, 0.1) is 12.2 Å². The Morgan fingerprint density at radius 2 is 1.85 bits per heavy atom. The molecule has 0 N–H and O–H groups in total. The summed E-state index contributed by atoms with van der Waals surface area (Å²) in [6.07, 6.45) is 0.839. The van der Waals surface area contributed by atoms with E-state index in [4.69, 9.17) is 27.9 Å². The summed E-state index contributed by atoms with van der Waals surface area (Å²) in [5, 5.41) is 0.328. The highest BCUT2D eigenvalue weighted by molar-refractivity contribution is 6.37. The molecule has 0 radical (unpaired) electrons. The number of rotatable bonds is 2. The van der Waals surface area contributed by atoms with Crippen LogP contribution in [0.15, 0.2) is 24.3 Å². The van der Waals surface area contributed by atoms with Gasteiger partial charge in [-0.3, -0.25) is 0 Å². The van der Waals surface area contributed by atoms with Crippen molar-refractivity contribution in [1.82, 2.24) is 9.97 Å². The van der Waals surface area contributed by atoms with Crippen LogP contribution in [0.2, 0.25) is 10.3 Å². The van der Waals surface area contributed by atoms with Gasteiger partial charge in [-0.25, -0.2) is 14.4 Å². The molecule has 20 heavy (non-hydrogen) atoms. The summed E-state index contributed by atoms with van der Waals surface area (Å²) in [6, 6.07) is 6.26.